The standard InChI is InChI=1S/C15H30N4O/c1-5-16-14(18-15(2,3)4)17-9-13-10-19-8-6-7-12(19)11-20-13/h12-13H,5-11H2,1-4H3,(H2,16,17,18). The predicted molar refractivity (Wildman–Crippen MR) is 83.2 cm³/mol. The number of morpholine rings is 1. The lowest BCUT2D eigenvalue weighted by atomic mass is 10.1. The van der Waals surface area contributed by atoms with E-state index in [-0.39, 0.29) is 11.6 Å². The van der Waals surface area contributed by atoms with Crippen molar-refractivity contribution in [3.05, 3.63) is 0 Å². The molecular weight excluding hydrogens is 252 g/mol. The van der Waals surface area contributed by atoms with Gasteiger partial charge < -0.3 is 15.4 Å². The number of fused-ring (bicyclic) bond motifs is 1. The number of aliphatic imine (C=N–C) groups is 1. The van der Waals surface area contributed by atoms with Gasteiger partial charge in [-0.3, -0.25) is 9.89 Å². The van der Waals surface area contributed by atoms with E-state index in [2.05, 4.69) is 48.2 Å². The van der Waals surface area contributed by atoms with Gasteiger partial charge in [0.15, 0.2) is 5.96 Å². The third-order valence-electron chi connectivity index (χ3n) is 3.75. The third kappa shape index (κ3) is 4.63. The largest absolute Gasteiger partial charge is 0.373 e. The predicted octanol–water partition coefficient (Wildman–Crippen LogP) is 1.20. The smallest absolute Gasteiger partial charge is 0.191 e. The first-order chi connectivity index (χ1) is 9.48. The Bertz CT molecular complexity index is 337. The van der Waals surface area contributed by atoms with Crippen molar-refractivity contribution in [1.82, 2.24) is 15.5 Å². The molecule has 0 aliphatic carbocycles. The van der Waals surface area contributed by atoms with Gasteiger partial charge in [-0.25, -0.2) is 0 Å². The molecule has 116 valence electrons. The average molecular weight is 282 g/mol. The highest BCUT2D eigenvalue weighted by Crippen LogP contribution is 2.22. The number of guanidine groups is 1. The molecule has 2 fully saturated rings. The van der Waals surface area contributed by atoms with Gasteiger partial charge in [-0.2, -0.15) is 0 Å². The quantitative estimate of drug-likeness (QED) is 0.603. The molecule has 0 aromatic heterocycles. The lowest BCUT2D eigenvalue weighted by molar-refractivity contribution is -0.0432. The van der Waals surface area contributed by atoms with E-state index in [1.54, 1.807) is 0 Å². The van der Waals surface area contributed by atoms with Crippen molar-refractivity contribution < 1.29 is 4.74 Å². The minimum Gasteiger partial charge on any atom is -0.373 e. The van der Waals surface area contributed by atoms with Crippen molar-refractivity contribution in [2.75, 3.05) is 32.8 Å². The number of hydrogen-bond donors (Lipinski definition) is 2. The second-order valence-electron chi connectivity index (χ2n) is 6.84. The molecule has 5 heteroatoms. The summed E-state index contributed by atoms with van der Waals surface area (Å²) < 4.78 is 5.95. The molecule has 2 aliphatic heterocycles. The van der Waals surface area contributed by atoms with Crippen LogP contribution in [0.25, 0.3) is 0 Å². The molecule has 0 aromatic carbocycles. The van der Waals surface area contributed by atoms with E-state index in [1.807, 2.05) is 0 Å². The molecule has 0 saturated carbocycles. The van der Waals surface area contributed by atoms with Gasteiger partial charge in [0.25, 0.3) is 0 Å². The number of nitrogens with one attached hydrogen (secondary N) is 2. The molecule has 0 spiro atoms. The molecule has 0 bridgehead atoms. The summed E-state index contributed by atoms with van der Waals surface area (Å²) in [5, 5.41) is 6.71. The van der Waals surface area contributed by atoms with Gasteiger partial charge in [-0.1, -0.05) is 0 Å². The summed E-state index contributed by atoms with van der Waals surface area (Å²) in [7, 11) is 0. The molecule has 2 atom stereocenters. The van der Waals surface area contributed by atoms with Crippen LogP contribution in [0.4, 0.5) is 0 Å². The van der Waals surface area contributed by atoms with Crippen LogP contribution in [0.3, 0.4) is 0 Å². The summed E-state index contributed by atoms with van der Waals surface area (Å²) in [6.07, 6.45) is 2.85. The minimum atomic E-state index is 0.0223. The van der Waals surface area contributed by atoms with E-state index in [1.165, 1.54) is 19.4 Å². The number of nitrogens with zero attached hydrogens (tertiary/aromatic N) is 2. The highest BCUT2D eigenvalue weighted by Gasteiger charge is 2.32. The van der Waals surface area contributed by atoms with Crippen LogP contribution >= 0.6 is 0 Å². The summed E-state index contributed by atoms with van der Waals surface area (Å²) in [5.74, 6) is 0.882. The molecule has 2 heterocycles. The first-order valence-electron chi connectivity index (χ1n) is 7.90. The molecular formula is C15H30N4O. The molecule has 2 rings (SSSR count). The monoisotopic (exact) mass is 282 g/mol. The molecule has 2 aliphatic rings. The lowest BCUT2D eigenvalue weighted by Crippen LogP contribution is -2.49. The number of hydrogen-bond acceptors (Lipinski definition) is 3. The maximum absolute atomic E-state index is 5.95. The Morgan fingerprint density at radius 1 is 1.40 bits per heavy atom. The fraction of sp³-hybridized carbons (Fsp3) is 0.933. The zero-order valence-electron chi connectivity index (χ0n) is 13.4. The first-order valence-corrected chi connectivity index (χ1v) is 7.90. The summed E-state index contributed by atoms with van der Waals surface area (Å²) in [5.41, 5.74) is 0.0223. The summed E-state index contributed by atoms with van der Waals surface area (Å²) in [6, 6.07) is 0.663. The molecule has 20 heavy (non-hydrogen) atoms. The summed E-state index contributed by atoms with van der Waals surface area (Å²) in [6.45, 7) is 13.3. The van der Waals surface area contributed by atoms with E-state index in [0.717, 1.165) is 32.2 Å². The van der Waals surface area contributed by atoms with Gasteiger partial charge in [0.2, 0.25) is 0 Å². The highest BCUT2D eigenvalue weighted by atomic mass is 16.5. The topological polar surface area (TPSA) is 48.9 Å². The van der Waals surface area contributed by atoms with Crippen LogP contribution in [0.5, 0.6) is 0 Å². The van der Waals surface area contributed by atoms with Gasteiger partial charge in [-0.05, 0) is 47.1 Å². The summed E-state index contributed by atoms with van der Waals surface area (Å²) >= 11 is 0. The second-order valence-corrected chi connectivity index (χ2v) is 6.84. The summed E-state index contributed by atoms with van der Waals surface area (Å²) in [4.78, 5) is 7.24. The first kappa shape index (κ1) is 15.6. The molecule has 0 amide bonds. The van der Waals surface area contributed by atoms with E-state index < -0.39 is 0 Å². The fourth-order valence-corrected chi connectivity index (χ4v) is 2.85. The van der Waals surface area contributed by atoms with Crippen molar-refractivity contribution in [2.45, 2.75) is 58.2 Å². The molecule has 0 aromatic rings. The Kier molecular flexibility index (Phi) is 5.27. The number of ether oxygens (including phenoxy) is 1. The van der Waals surface area contributed by atoms with Crippen molar-refractivity contribution in [2.24, 2.45) is 4.99 Å². The molecule has 2 unspecified atom stereocenters. The van der Waals surface area contributed by atoms with Crippen molar-refractivity contribution >= 4 is 5.96 Å². The van der Waals surface area contributed by atoms with Crippen LogP contribution < -0.4 is 10.6 Å². The SMILES string of the molecule is CCNC(=NCC1CN2CCCC2CO1)NC(C)(C)C. The van der Waals surface area contributed by atoms with Gasteiger partial charge in [0, 0.05) is 24.7 Å². The third-order valence-corrected chi connectivity index (χ3v) is 3.75. The van der Waals surface area contributed by atoms with E-state index in [4.69, 9.17) is 4.74 Å². The molecule has 2 saturated heterocycles. The minimum absolute atomic E-state index is 0.0223. The van der Waals surface area contributed by atoms with E-state index in [0.29, 0.717) is 6.04 Å². The maximum Gasteiger partial charge on any atom is 0.191 e. The molecule has 0 radical (unpaired) electrons. The second kappa shape index (κ2) is 6.76. The van der Waals surface area contributed by atoms with Gasteiger partial charge in [-0.15, -0.1) is 0 Å². The van der Waals surface area contributed by atoms with Crippen molar-refractivity contribution in [3.63, 3.8) is 0 Å². The van der Waals surface area contributed by atoms with Crippen molar-refractivity contribution in [3.8, 4) is 0 Å². The maximum atomic E-state index is 5.95. The van der Waals surface area contributed by atoms with Crippen LogP contribution in [0.2, 0.25) is 0 Å². The van der Waals surface area contributed by atoms with Crippen LogP contribution in [-0.4, -0.2) is 61.3 Å². The molecule has 2 N–H and O–H groups in total. The Morgan fingerprint density at radius 3 is 2.90 bits per heavy atom. The average Bonchev–Trinajstić information content (AvgIpc) is 2.81. The Balaban J connectivity index is 1.85. The van der Waals surface area contributed by atoms with Crippen molar-refractivity contribution in [1.29, 1.82) is 0 Å². The normalized spacial score (nSPS) is 28.3. The fourth-order valence-electron chi connectivity index (χ4n) is 2.85. The van der Waals surface area contributed by atoms with Crippen LogP contribution in [0.15, 0.2) is 4.99 Å². The Morgan fingerprint density at radius 2 is 2.20 bits per heavy atom. The van der Waals surface area contributed by atoms with Crippen LogP contribution in [-0.2, 0) is 4.74 Å². The zero-order valence-corrected chi connectivity index (χ0v) is 13.4. The number of rotatable bonds is 3. The van der Waals surface area contributed by atoms with Gasteiger partial charge >= 0.3 is 0 Å². The van der Waals surface area contributed by atoms with E-state index >= 15 is 0 Å². The van der Waals surface area contributed by atoms with E-state index in [9.17, 15) is 0 Å². The molecule has 5 nitrogen and oxygen atoms in total. The van der Waals surface area contributed by atoms with Crippen LogP contribution in [0.1, 0.15) is 40.5 Å². The zero-order chi connectivity index (χ0) is 14.6. The lowest BCUT2D eigenvalue weighted by Gasteiger charge is -2.34. The van der Waals surface area contributed by atoms with Gasteiger partial charge in [0.05, 0.1) is 19.3 Å². The highest BCUT2D eigenvalue weighted by molar-refractivity contribution is 5.80. The Hall–Kier alpha value is -0.810. The van der Waals surface area contributed by atoms with Crippen LogP contribution in [0, 0.1) is 0 Å². The Labute approximate surface area is 123 Å². The van der Waals surface area contributed by atoms with Gasteiger partial charge in [0.1, 0.15) is 0 Å².